The molecule has 1 amide bonds. The predicted molar refractivity (Wildman–Crippen MR) is 107 cm³/mol. The summed E-state index contributed by atoms with van der Waals surface area (Å²) in [6.07, 6.45) is -1.19. The number of nitrogens with two attached hydrogens (primary N) is 1. The Labute approximate surface area is 170 Å². The minimum atomic E-state index is -4.04. The molecule has 2 aromatic carbocycles. The van der Waals surface area contributed by atoms with E-state index in [1.165, 1.54) is 19.2 Å². The molecule has 0 radical (unpaired) electrons. The average Bonchev–Trinajstić information content (AvgIpc) is 2.72. The van der Waals surface area contributed by atoms with Gasteiger partial charge in [0.2, 0.25) is 16.1 Å². The van der Waals surface area contributed by atoms with E-state index in [-0.39, 0.29) is 22.1 Å². The van der Waals surface area contributed by atoms with Gasteiger partial charge in [0, 0.05) is 18.7 Å². The Morgan fingerprint density at radius 2 is 1.69 bits per heavy atom. The van der Waals surface area contributed by atoms with E-state index < -0.39 is 22.1 Å². The zero-order valence-electron chi connectivity index (χ0n) is 16.5. The zero-order chi connectivity index (χ0) is 21.6. The molecule has 0 aliphatic rings. The number of primary sulfonamides is 1. The number of esters is 1. The quantitative estimate of drug-likeness (QED) is 0.654. The molecule has 2 aromatic rings. The number of hydrogen-bond donors (Lipinski definition) is 1. The van der Waals surface area contributed by atoms with Crippen LogP contribution in [0, 0.1) is 0 Å². The summed E-state index contributed by atoms with van der Waals surface area (Å²) in [4.78, 5) is 27.1. The fourth-order valence-corrected chi connectivity index (χ4v) is 3.32. The Hall–Kier alpha value is -2.91. The van der Waals surface area contributed by atoms with Crippen LogP contribution in [-0.2, 0) is 19.6 Å². The summed E-state index contributed by atoms with van der Waals surface area (Å²) < 4.78 is 34.0. The highest BCUT2D eigenvalue weighted by atomic mass is 32.2. The van der Waals surface area contributed by atoms with Gasteiger partial charge < -0.3 is 14.4 Å². The van der Waals surface area contributed by atoms with Crippen molar-refractivity contribution in [1.29, 1.82) is 0 Å². The van der Waals surface area contributed by atoms with E-state index in [2.05, 4.69) is 0 Å². The van der Waals surface area contributed by atoms with Crippen molar-refractivity contribution in [3.63, 3.8) is 0 Å². The SMILES string of the molecule is CCN(CC)C(=O)C(OC(=O)c1cc(S(N)(=O)=O)ccc1OC)c1ccccc1. The fourth-order valence-electron chi connectivity index (χ4n) is 2.78. The summed E-state index contributed by atoms with van der Waals surface area (Å²) in [6, 6.07) is 12.2. The lowest BCUT2D eigenvalue weighted by molar-refractivity contribution is -0.140. The van der Waals surface area contributed by atoms with Crippen LogP contribution in [0.15, 0.2) is 53.4 Å². The van der Waals surface area contributed by atoms with Gasteiger partial charge in [-0.1, -0.05) is 30.3 Å². The van der Waals surface area contributed by atoms with Gasteiger partial charge in [-0.3, -0.25) is 4.79 Å². The zero-order valence-corrected chi connectivity index (χ0v) is 17.3. The third kappa shape index (κ3) is 5.33. The monoisotopic (exact) mass is 420 g/mol. The van der Waals surface area contributed by atoms with Gasteiger partial charge >= 0.3 is 5.97 Å². The highest BCUT2D eigenvalue weighted by Gasteiger charge is 2.30. The van der Waals surface area contributed by atoms with Crippen molar-refractivity contribution < 1.29 is 27.5 Å². The molecule has 29 heavy (non-hydrogen) atoms. The maximum absolute atomic E-state index is 13.0. The number of carbonyl (C=O) groups is 2. The number of ether oxygens (including phenoxy) is 2. The van der Waals surface area contributed by atoms with Crippen molar-refractivity contribution >= 4 is 21.9 Å². The molecule has 0 aromatic heterocycles. The van der Waals surface area contributed by atoms with Gasteiger partial charge in [0.15, 0.2) is 0 Å². The van der Waals surface area contributed by atoms with Gasteiger partial charge in [-0.05, 0) is 32.0 Å². The number of likely N-dealkylation sites (N-methyl/N-ethyl adjacent to an activating group) is 1. The second-order valence-electron chi connectivity index (χ2n) is 6.11. The van der Waals surface area contributed by atoms with Crippen molar-refractivity contribution in [2.45, 2.75) is 24.8 Å². The van der Waals surface area contributed by atoms with E-state index in [0.29, 0.717) is 18.7 Å². The van der Waals surface area contributed by atoms with Crippen LogP contribution in [0.2, 0.25) is 0 Å². The third-order valence-electron chi connectivity index (χ3n) is 4.35. The van der Waals surface area contributed by atoms with Crippen molar-refractivity contribution in [3.05, 3.63) is 59.7 Å². The van der Waals surface area contributed by atoms with Crippen LogP contribution >= 0.6 is 0 Å². The molecule has 1 atom stereocenters. The Morgan fingerprint density at radius 1 is 1.07 bits per heavy atom. The fraction of sp³-hybridized carbons (Fsp3) is 0.300. The van der Waals surface area contributed by atoms with E-state index in [9.17, 15) is 18.0 Å². The molecule has 0 heterocycles. The van der Waals surface area contributed by atoms with Crippen LogP contribution in [0.5, 0.6) is 5.75 Å². The standard InChI is InChI=1S/C20H24N2O6S/c1-4-22(5-2)19(23)18(14-9-7-6-8-10-14)28-20(24)16-13-15(29(21,25)26)11-12-17(16)27-3/h6-13,18H,4-5H2,1-3H3,(H2,21,25,26). The summed E-state index contributed by atoms with van der Waals surface area (Å²) in [5.74, 6) is -1.18. The second-order valence-corrected chi connectivity index (χ2v) is 7.68. The first-order valence-electron chi connectivity index (χ1n) is 8.98. The molecular weight excluding hydrogens is 396 g/mol. The van der Waals surface area contributed by atoms with E-state index in [1.54, 1.807) is 35.2 Å². The Balaban J connectivity index is 2.46. The molecule has 8 nitrogen and oxygen atoms in total. The predicted octanol–water partition coefficient (Wildman–Crippen LogP) is 2.11. The van der Waals surface area contributed by atoms with Gasteiger partial charge in [-0.25, -0.2) is 18.4 Å². The summed E-state index contributed by atoms with van der Waals surface area (Å²) in [7, 11) is -2.71. The lowest BCUT2D eigenvalue weighted by Crippen LogP contribution is -2.36. The van der Waals surface area contributed by atoms with E-state index in [1.807, 2.05) is 13.8 Å². The molecule has 0 aliphatic carbocycles. The number of hydrogen-bond acceptors (Lipinski definition) is 6. The number of carbonyl (C=O) groups excluding carboxylic acids is 2. The molecule has 2 N–H and O–H groups in total. The number of nitrogens with zero attached hydrogens (tertiary/aromatic N) is 1. The highest BCUT2D eigenvalue weighted by Crippen LogP contribution is 2.27. The van der Waals surface area contributed by atoms with Gasteiger partial charge in [-0.15, -0.1) is 0 Å². The first-order chi connectivity index (χ1) is 13.7. The van der Waals surface area contributed by atoms with Gasteiger partial charge in [0.05, 0.1) is 12.0 Å². The second kappa shape index (κ2) is 9.53. The number of sulfonamides is 1. The minimum Gasteiger partial charge on any atom is -0.496 e. The van der Waals surface area contributed by atoms with Gasteiger partial charge in [0.1, 0.15) is 11.3 Å². The van der Waals surface area contributed by atoms with Crippen LogP contribution in [0.25, 0.3) is 0 Å². The largest absolute Gasteiger partial charge is 0.496 e. The molecule has 2 rings (SSSR count). The number of benzene rings is 2. The van der Waals surface area contributed by atoms with Crippen LogP contribution in [-0.4, -0.2) is 45.4 Å². The maximum atomic E-state index is 13.0. The normalized spacial score (nSPS) is 12.1. The molecule has 0 saturated carbocycles. The molecule has 0 aliphatic heterocycles. The Bertz CT molecular complexity index is 972. The number of amides is 1. The Morgan fingerprint density at radius 3 is 2.21 bits per heavy atom. The summed E-state index contributed by atoms with van der Waals surface area (Å²) in [5.41, 5.74) is 0.353. The van der Waals surface area contributed by atoms with Crippen molar-refractivity contribution in [1.82, 2.24) is 4.90 Å². The molecule has 0 saturated heterocycles. The van der Waals surface area contributed by atoms with Crippen LogP contribution < -0.4 is 9.88 Å². The summed E-state index contributed by atoms with van der Waals surface area (Å²) in [5, 5.41) is 5.15. The first kappa shape index (κ1) is 22.4. The molecule has 0 spiro atoms. The molecular formula is C20H24N2O6S. The number of rotatable bonds is 8. The van der Waals surface area contributed by atoms with Crippen LogP contribution in [0.3, 0.4) is 0 Å². The molecule has 9 heteroatoms. The third-order valence-corrected chi connectivity index (χ3v) is 5.26. The lowest BCUT2D eigenvalue weighted by Gasteiger charge is -2.25. The lowest BCUT2D eigenvalue weighted by atomic mass is 10.1. The Kier molecular flexibility index (Phi) is 7.35. The first-order valence-corrected chi connectivity index (χ1v) is 10.5. The van der Waals surface area contributed by atoms with Crippen LogP contribution in [0.1, 0.15) is 35.9 Å². The van der Waals surface area contributed by atoms with E-state index >= 15 is 0 Å². The average molecular weight is 420 g/mol. The summed E-state index contributed by atoms with van der Waals surface area (Å²) in [6.45, 7) is 4.54. The molecule has 1 unspecified atom stereocenters. The summed E-state index contributed by atoms with van der Waals surface area (Å²) >= 11 is 0. The van der Waals surface area contributed by atoms with Crippen molar-refractivity contribution in [2.75, 3.05) is 20.2 Å². The van der Waals surface area contributed by atoms with E-state index in [4.69, 9.17) is 14.6 Å². The van der Waals surface area contributed by atoms with Crippen molar-refractivity contribution in [3.8, 4) is 5.75 Å². The molecule has 156 valence electrons. The van der Waals surface area contributed by atoms with Crippen LogP contribution in [0.4, 0.5) is 0 Å². The molecule has 0 bridgehead atoms. The minimum absolute atomic E-state index is 0.101. The maximum Gasteiger partial charge on any atom is 0.343 e. The number of methoxy groups -OCH3 is 1. The van der Waals surface area contributed by atoms with Crippen molar-refractivity contribution in [2.24, 2.45) is 5.14 Å². The topological polar surface area (TPSA) is 116 Å². The smallest absolute Gasteiger partial charge is 0.343 e. The van der Waals surface area contributed by atoms with Gasteiger partial charge in [-0.2, -0.15) is 0 Å². The van der Waals surface area contributed by atoms with Gasteiger partial charge in [0.25, 0.3) is 5.91 Å². The highest BCUT2D eigenvalue weighted by molar-refractivity contribution is 7.89. The van der Waals surface area contributed by atoms with E-state index in [0.717, 1.165) is 6.07 Å². The molecule has 0 fully saturated rings.